The van der Waals surface area contributed by atoms with Crippen molar-refractivity contribution in [2.24, 2.45) is 0 Å². The van der Waals surface area contributed by atoms with Crippen molar-refractivity contribution in [3.05, 3.63) is 31.1 Å². The molecule has 0 saturated carbocycles. The van der Waals surface area contributed by atoms with Gasteiger partial charge in [0.05, 0.1) is 12.9 Å². The van der Waals surface area contributed by atoms with Crippen LogP contribution in [-0.4, -0.2) is 69.4 Å². The molecule has 0 unspecified atom stereocenters. The summed E-state index contributed by atoms with van der Waals surface area (Å²) < 4.78 is 7.14. The van der Waals surface area contributed by atoms with Crippen LogP contribution in [0.5, 0.6) is 0 Å². The number of rotatable bonds is 5. The van der Waals surface area contributed by atoms with Crippen LogP contribution in [0.2, 0.25) is 0 Å². The third kappa shape index (κ3) is 3.10. The van der Waals surface area contributed by atoms with Crippen LogP contribution >= 0.6 is 0 Å². The maximum Gasteiger partial charge on any atom is 0.225 e. The van der Waals surface area contributed by atoms with Crippen LogP contribution in [0.4, 0.5) is 11.8 Å². The summed E-state index contributed by atoms with van der Waals surface area (Å²) in [7, 11) is 1.69. The lowest BCUT2D eigenvalue weighted by Crippen LogP contribution is -2.47. The second-order valence-electron chi connectivity index (χ2n) is 5.82. The van der Waals surface area contributed by atoms with Crippen LogP contribution in [0.1, 0.15) is 0 Å². The number of imidazole rings is 1. The molecule has 130 valence electrons. The topological polar surface area (TPSA) is 85.1 Å². The van der Waals surface area contributed by atoms with Gasteiger partial charge in [0.25, 0.3) is 0 Å². The Morgan fingerprint density at radius 1 is 0.960 bits per heavy atom. The third-order valence-electron chi connectivity index (χ3n) is 4.33. The molecule has 0 radical (unpaired) electrons. The van der Waals surface area contributed by atoms with Gasteiger partial charge in [-0.15, -0.1) is 0 Å². The number of aromatic nitrogens is 6. The molecule has 0 spiro atoms. The molecule has 1 saturated heterocycles. The first-order valence-corrected chi connectivity index (χ1v) is 8.28. The van der Waals surface area contributed by atoms with Crippen molar-refractivity contribution in [2.45, 2.75) is 6.54 Å². The van der Waals surface area contributed by atoms with Crippen molar-refractivity contribution in [1.82, 2.24) is 29.5 Å². The molecule has 4 heterocycles. The Kier molecular flexibility index (Phi) is 4.38. The van der Waals surface area contributed by atoms with Gasteiger partial charge in [0, 0.05) is 52.2 Å². The van der Waals surface area contributed by atoms with Crippen molar-refractivity contribution in [3.63, 3.8) is 0 Å². The van der Waals surface area contributed by atoms with Gasteiger partial charge in [-0.05, 0) is 6.07 Å². The second kappa shape index (κ2) is 6.98. The van der Waals surface area contributed by atoms with Crippen molar-refractivity contribution in [3.8, 4) is 0 Å². The normalized spacial score (nSPS) is 15.1. The summed E-state index contributed by atoms with van der Waals surface area (Å²) in [5.41, 5.74) is 1.68. The minimum atomic E-state index is 0.626. The Labute approximate surface area is 145 Å². The van der Waals surface area contributed by atoms with Crippen LogP contribution in [0.15, 0.2) is 31.1 Å². The van der Waals surface area contributed by atoms with E-state index in [4.69, 9.17) is 4.74 Å². The number of fused-ring (bicyclic) bond motifs is 1. The lowest BCUT2D eigenvalue weighted by molar-refractivity contribution is 0.188. The van der Waals surface area contributed by atoms with Gasteiger partial charge in [0.2, 0.25) is 5.95 Å². The quantitative estimate of drug-likeness (QED) is 0.667. The Bertz CT molecular complexity index is 829. The Balaban J connectivity index is 1.52. The fraction of sp³-hybridized carbons (Fsp3) is 0.438. The van der Waals surface area contributed by atoms with Gasteiger partial charge in [-0.2, -0.15) is 0 Å². The number of nitrogens with zero attached hydrogens (tertiary/aromatic N) is 8. The minimum absolute atomic E-state index is 0.626. The minimum Gasteiger partial charge on any atom is -0.383 e. The highest BCUT2D eigenvalue weighted by Crippen LogP contribution is 2.23. The van der Waals surface area contributed by atoms with E-state index in [9.17, 15) is 0 Å². The number of hydrogen-bond acceptors (Lipinski definition) is 8. The summed E-state index contributed by atoms with van der Waals surface area (Å²) in [6, 6.07) is 1.83. The number of hydrogen-bond donors (Lipinski definition) is 0. The van der Waals surface area contributed by atoms with Gasteiger partial charge >= 0.3 is 0 Å². The molecule has 9 heteroatoms. The molecule has 25 heavy (non-hydrogen) atoms. The summed E-state index contributed by atoms with van der Waals surface area (Å²) >= 11 is 0. The van der Waals surface area contributed by atoms with Crippen LogP contribution in [0.3, 0.4) is 0 Å². The SMILES string of the molecule is COCCn1cnc2c(N3CCN(c4ncccn4)CC3)ncnc21. The molecule has 0 N–H and O–H groups in total. The molecular weight excluding hydrogens is 320 g/mol. The van der Waals surface area contributed by atoms with Crippen LogP contribution in [0, 0.1) is 0 Å². The maximum atomic E-state index is 5.14. The van der Waals surface area contributed by atoms with Crippen LogP contribution in [0.25, 0.3) is 11.2 Å². The fourth-order valence-electron chi connectivity index (χ4n) is 3.03. The summed E-state index contributed by atoms with van der Waals surface area (Å²) in [6.45, 7) is 4.73. The van der Waals surface area contributed by atoms with E-state index >= 15 is 0 Å². The van der Waals surface area contributed by atoms with Crippen molar-refractivity contribution in [2.75, 3.05) is 49.7 Å². The molecule has 9 nitrogen and oxygen atoms in total. The van der Waals surface area contributed by atoms with Crippen molar-refractivity contribution >= 4 is 22.9 Å². The highest BCUT2D eigenvalue weighted by atomic mass is 16.5. The maximum absolute atomic E-state index is 5.14. The predicted octanol–water partition coefficient (Wildman–Crippen LogP) is 0.589. The van der Waals surface area contributed by atoms with Gasteiger partial charge in [-0.3, -0.25) is 0 Å². The first kappa shape index (κ1) is 15.7. The zero-order valence-corrected chi connectivity index (χ0v) is 14.1. The van der Waals surface area contributed by atoms with E-state index in [1.54, 1.807) is 32.2 Å². The molecule has 0 atom stereocenters. The molecule has 0 aromatic carbocycles. The van der Waals surface area contributed by atoms with Gasteiger partial charge in [0.15, 0.2) is 17.0 Å². The van der Waals surface area contributed by atoms with E-state index in [1.807, 2.05) is 10.6 Å². The largest absolute Gasteiger partial charge is 0.383 e. The zero-order valence-electron chi connectivity index (χ0n) is 14.1. The Morgan fingerprint density at radius 2 is 1.72 bits per heavy atom. The molecule has 1 aliphatic rings. The average molecular weight is 340 g/mol. The summed E-state index contributed by atoms with van der Waals surface area (Å²) in [5, 5.41) is 0. The van der Waals surface area contributed by atoms with E-state index in [0.717, 1.165) is 55.7 Å². The van der Waals surface area contributed by atoms with Crippen LogP contribution in [-0.2, 0) is 11.3 Å². The van der Waals surface area contributed by atoms with Gasteiger partial charge in [-0.1, -0.05) is 0 Å². The number of piperazine rings is 1. The van der Waals surface area contributed by atoms with Crippen molar-refractivity contribution in [1.29, 1.82) is 0 Å². The molecule has 0 aliphatic carbocycles. The highest BCUT2D eigenvalue weighted by Gasteiger charge is 2.22. The fourth-order valence-corrected chi connectivity index (χ4v) is 3.03. The van der Waals surface area contributed by atoms with Gasteiger partial charge < -0.3 is 19.1 Å². The predicted molar refractivity (Wildman–Crippen MR) is 93.7 cm³/mol. The van der Waals surface area contributed by atoms with E-state index in [2.05, 4.69) is 34.7 Å². The number of ether oxygens (including phenoxy) is 1. The van der Waals surface area contributed by atoms with E-state index < -0.39 is 0 Å². The zero-order chi connectivity index (χ0) is 17.1. The lowest BCUT2D eigenvalue weighted by atomic mass is 10.3. The molecule has 3 aromatic rings. The first-order chi connectivity index (χ1) is 12.4. The summed E-state index contributed by atoms with van der Waals surface area (Å²) in [5.74, 6) is 1.66. The van der Waals surface area contributed by atoms with Gasteiger partial charge in [0.1, 0.15) is 6.33 Å². The van der Waals surface area contributed by atoms with Gasteiger partial charge in [-0.25, -0.2) is 24.9 Å². The summed E-state index contributed by atoms with van der Waals surface area (Å²) in [6.07, 6.45) is 6.95. The smallest absolute Gasteiger partial charge is 0.225 e. The monoisotopic (exact) mass is 340 g/mol. The molecule has 0 amide bonds. The molecule has 0 bridgehead atoms. The molecule has 1 aliphatic heterocycles. The van der Waals surface area contributed by atoms with E-state index in [0.29, 0.717) is 6.61 Å². The lowest BCUT2D eigenvalue weighted by Gasteiger charge is -2.35. The van der Waals surface area contributed by atoms with E-state index in [-0.39, 0.29) is 0 Å². The third-order valence-corrected chi connectivity index (χ3v) is 4.33. The number of methoxy groups -OCH3 is 1. The van der Waals surface area contributed by atoms with Crippen molar-refractivity contribution < 1.29 is 4.74 Å². The Morgan fingerprint density at radius 3 is 2.48 bits per heavy atom. The number of anilines is 2. The standard InChI is InChI=1S/C16H20N8O/c1-25-10-9-24-12-21-13-14(19-11-20-15(13)24)22-5-7-23(8-6-22)16-17-3-2-4-18-16/h2-4,11-12H,5-10H2,1H3. The summed E-state index contributed by atoms with van der Waals surface area (Å²) in [4.78, 5) is 26.5. The molecule has 1 fully saturated rings. The highest BCUT2D eigenvalue weighted by molar-refractivity contribution is 5.83. The average Bonchev–Trinajstić information content (AvgIpc) is 3.10. The molecule has 3 aromatic heterocycles. The first-order valence-electron chi connectivity index (χ1n) is 8.28. The Hall–Kier alpha value is -2.81. The molecule has 4 rings (SSSR count). The van der Waals surface area contributed by atoms with E-state index in [1.165, 1.54) is 0 Å². The van der Waals surface area contributed by atoms with Crippen LogP contribution < -0.4 is 9.80 Å². The second-order valence-corrected chi connectivity index (χ2v) is 5.82. The molecular formula is C16H20N8O.